The number of esters is 2. The van der Waals surface area contributed by atoms with Gasteiger partial charge in [-0.3, -0.25) is 14.2 Å². The summed E-state index contributed by atoms with van der Waals surface area (Å²) in [6, 6.07) is 0. The van der Waals surface area contributed by atoms with Crippen molar-refractivity contribution in [1.29, 1.82) is 0 Å². The number of nitrogens with zero attached hydrogens (tertiary/aromatic N) is 2. The Morgan fingerprint density at radius 3 is 2.71 bits per heavy atom. The Hall–Kier alpha value is -2.22. The predicted molar refractivity (Wildman–Crippen MR) is 90.4 cm³/mol. The van der Waals surface area contributed by atoms with E-state index in [9.17, 15) is 14.4 Å². The first-order valence-corrected chi connectivity index (χ1v) is 8.55. The Morgan fingerprint density at radius 2 is 2.08 bits per heavy atom. The Kier molecular flexibility index (Phi) is 5.71. The summed E-state index contributed by atoms with van der Waals surface area (Å²) in [5, 5.41) is 0.335. The molecule has 0 radical (unpaired) electrons. The molecule has 0 N–H and O–H groups in total. The first-order valence-electron chi connectivity index (χ1n) is 7.74. The summed E-state index contributed by atoms with van der Waals surface area (Å²) in [4.78, 5) is 41.4. The van der Waals surface area contributed by atoms with Gasteiger partial charge in [0.25, 0.3) is 5.56 Å². The number of hydrogen-bond donors (Lipinski definition) is 0. The minimum atomic E-state index is -0.494. The average molecular weight is 352 g/mol. The smallest absolute Gasteiger partial charge is 0.348 e. The first kappa shape index (κ1) is 18.1. The number of hydrogen-bond acceptors (Lipinski definition) is 7. The van der Waals surface area contributed by atoms with Crippen LogP contribution in [-0.4, -0.2) is 34.2 Å². The zero-order chi connectivity index (χ0) is 17.9. The molecule has 2 heterocycles. The molecule has 0 spiro atoms. The Labute approximate surface area is 143 Å². The summed E-state index contributed by atoms with van der Waals surface area (Å²) in [7, 11) is 0. The van der Waals surface area contributed by atoms with Crippen LogP contribution in [0.5, 0.6) is 0 Å². The van der Waals surface area contributed by atoms with Gasteiger partial charge in [-0.25, -0.2) is 9.78 Å². The lowest BCUT2D eigenvalue weighted by atomic mass is 10.2. The third-order valence-corrected chi connectivity index (χ3v) is 4.76. The SMILES string of the molecule is CCOC(=O)c1sc2ncn(CC(=O)OC(C)CC)c(=O)c2c1C. The van der Waals surface area contributed by atoms with E-state index in [1.54, 1.807) is 20.8 Å². The van der Waals surface area contributed by atoms with Gasteiger partial charge in [-0.15, -0.1) is 11.3 Å². The second-order valence-corrected chi connectivity index (χ2v) is 6.34. The van der Waals surface area contributed by atoms with Crippen LogP contribution in [0.1, 0.15) is 42.4 Å². The van der Waals surface area contributed by atoms with Gasteiger partial charge in [-0.05, 0) is 32.8 Å². The van der Waals surface area contributed by atoms with Crippen LogP contribution < -0.4 is 5.56 Å². The molecule has 0 aliphatic heterocycles. The van der Waals surface area contributed by atoms with Crippen molar-refractivity contribution in [3.63, 3.8) is 0 Å². The molecule has 0 saturated heterocycles. The lowest BCUT2D eigenvalue weighted by Crippen LogP contribution is -2.27. The highest BCUT2D eigenvalue weighted by atomic mass is 32.1. The summed E-state index contributed by atoms with van der Waals surface area (Å²) < 4.78 is 11.4. The molecular formula is C16H20N2O5S. The number of carbonyl (C=O) groups excluding carboxylic acids is 2. The van der Waals surface area contributed by atoms with Crippen molar-refractivity contribution >= 4 is 33.5 Å². The fourth-order valence-electron chi connectivity index (χ4n) is 2.15. The molecule has 0 aliphatic carbocycles. The summed E-state index contributed by atoms with van der Waals surface area (Å²) >= 11 is 1.11. The van der Waals surface area contributed by atoms with Gasteiger partial charge in [0.05, 0.1) is 24.4 Å². The Balaban J connectivity index is 2.37. The van der Waals surface area contributed by atoms with Gasteiger partial charge in [-0.2, -0.15) is 0 Å². The molecule has 130 valence electrons. The zero-order valence-electron chi connectivity index (χ0n) is 14.1. The predicted octanol–water partition coefficient (Wildman–Crippen LogP) is 2.28. The van der Waals surface area contributed by atoms with Crippen LogP contribution in [0.25, 0.3) is 10.2 Å². The van der Waals surface area contributed by atoms with E-state index in [4.69, 9.17) is 9.47 Å². The van der Waals surface area contributed by atoms with Crippen LogP contribution in [0, 0.1) is 6.92 Å². The largest absolute Gasteiger partial charge is 0.462 e. The number of carbonyl (C=O) groups is 2. The highest BCUT2D eigenvalue weighted by Crippen LogP contribution is 2.27. The van der Waals surface area contributed by atoms with Gasteiger partial charge >= 0.3 is 11.9 Å². The summed E-state index contributed by atoms with van der Waals surface area (Å²) in [6.07, 6.45) is 1.79. The van der Waals surface area contributed by atoms with Gasteiger partial charge in [0.1, 0.15) is 16.3 Å². The number of fused-ring (bicyclic) bond motifs is 1. The number of rotatable bonds is 6. The summed E-state index contributed by atoms with van der Waals surface area (Å²) in [6.45, 7) is 7.13. The number of ether oxygens (including phenoxy) is 2. The van der Waals surface area contributed by atoms with E-state index in [1.807, 2.05) is 6.92 Å². The molecule has 0 fully saturated rings. The maximum atomic E-state index is 12.6. The Bertz CT molecular complexity index is 824. The number of thiophene rings is 1. The van der Waals surface area contributed by atoms with Crippen molar-refractivity contribution in [1.82, 2.24) is 9.55 Å². The minimum Gasteiger partial charge on any atom is -0.462 e. The van der Waals surface area contributed by atoms with Crippen LogP contribution in [0.4, 0.5) is 0 Å². The van der Waals surface area contributed by atoms with Gasteiger partial charge in [-0.1, -0.05) is 6.92 Å². The van der Waals surface area contributed by atoms with Crippen molar-refractivity contribution < 1.29 is 19.1 Å². The molecule has 2 rings (SSSR count). The average Bonchev–Trinajstić information content (AvgIpc) is 2.88. The standard InChI is InChI=1S/C16H20N2O5S/c1-5-9(3)23-11(19)7-18-8-17-14-12(15(18)20)10(4)13(24-14)16(21)22-6-2/h8-9H,5-7H2,1-4H3. The fourth-order valence-corrected chi connectivity index (χ4v) is 3.18. The van der Waals surface area contributed by atoms with Gasteiger partial charge in [0, 0.05) is 0 Å². The van der Waals surface area contributed by atoms with Crippen molar-refractivity contribution in [2.24, 2.45) is 0 Å². The molecule has 0 saturated carbocycles. The topological polar surface area (TPSA) is 87.5 Å². The molecule has 0 aromatic carbocycles. The fraction of sp³-hybridized carbons (Fsp3) is 0.500. The highest BCUT2D eigenvalue weighted by Gasteiger charge is 2.21. The molecule has 0 aliphatic rings. The zero-order valence-corrected chi connectivity index (χ0v) is 14.9. The third-order valence-electron chi connectivity index (χ3n) is 3.59. The van der Waals surface area contributed by atoms with Crippen molar-refractivity contribution in [3.05, 3.63) is 27.1 Å². The van der Waals surface area contributed by atoms with E-state index < -0.39 is 11.9 Å². The van der Waals surface area contributed by atoms with Crippen LogP contribution in [0.15, 0.2) is 11.1 Å². The van der Waals surface area contributed by atoms with Gasteiger partial charge in [0.2, 0.25) is 0 Å². The van der Waals surface area contributed by atoms with Crippen LogP contribution in [0.3, 0.4) is 0 Å². The van der Waals surface area contributed by atoms with Crippen molar-refractivity contribution in [2.75, 3.05) is 6.61 Å². The molecule has 1 unspecified atom stereocenters. The van der Waals surface area contributed by atoms with Gasteiger partial charge < -0.3 is 9.47 Å². The molecule has 7 nitrogen and oxygen atoms in total. The van der Waals surface area contributed by atoms with E-state index >= 15 is 0 Å². The monoisotopic (exact) mass is 352 g/mol. The number of aryl methyl sites for hydroxylation is 1. The number of aromatic nitrogens is 2. The molecule has 8 heteroatoms. The summed E-state index contributed by atoms with van der Waals surface area (Å²) in [5.41, 5.74) is 0.154. The molecular weight excluding hydrogens is 332 g/mol. The molecule has 2 aromatic heterocycles. The summed E-state index contributed by atoms with van der Waals surface area (Å²) in [5.74, 6) is -0.966. The van der Waals surface area contributed by atoms with E-state index in [0.29, 0.717) is 27.1 Å². The Morgan fingerprint density at radius 1 is 1.38 bits per heavy atom. The van der Waals surface area contributed by atoms with E-state index in [-0.39, 0.29) is 24.8 Å². The second kappa shape index (κ2) is 7.57. The third kappa shape index (κ3) is 3.64. The van der Waals surface area contributed by atoms with Crippen LogP contribution >= 0.6 is 11.3 Å². The normalized spacial score (nSPS) is 12.2. The molecule has 0 bridgehead atoms. The first-order chi connectivity index (χ1) is 11.4. The van der Waals surface area contributed by atoms with Gasteiger partial charge in [0.15, 0.2) is 0 Å². The lowest BCUT2D eigenvalue weighted by molar-refractivity contribution is -0.149. The quantitative estimate of drug-likeness (QED) is 0.741. The second-order valence-electron chi connectivity index (χ2n) is 5.34. The molecule has 2 aromatic rings. The van der Waals surface area contributed by atoms with E-state index in [2.05, 4.69) is 4.98 Å². The maximum Gasteiger partial charge on any atom is 0.348 e. The highest BCUT2D eigenvalue weighted by molar-refractivity contribution is 7.20. The van der Waals surface area contributed by atoms with Crippen molar-refractivity contribution in [3.8, 4) is 0 Å². The van der Waals surface area contributed by atoms with E-state index in [0.717, 1.165) is 11.3 Å². The molecule has 0 amide bonds. The van der Waals surface area contributed by atoms with Crippen LogP contribution in [-0.2, 0) is 20.8 Å². The minimum absolute atomic E-state index is 0.205. The lowest BCUT2D eigenvalue weighted by Gasteiger charge is -2.11. The molecule has 24 heavy (non-hydrogen) atoms. The van der Waals surface area contributed by atoms with Crippen LogP contribution in [0.2, 0.25) is 0 Å². The van der Waals surface area contributed by atoms with Crippen molar-refractivity contribution in [2.45, 2.75) is 46.8 Å². The molecule has 1 atom stereocenters. The van der Waals surface area contributed by atoms with E-state index in [1.165, 1.54) is 10.9 Å². The maximum absolute atomic E-state index is 12.6.